The van der Waals surface area contributed by atoms with Crippen LogP contribution in [0.4, 0.5) is 18.9 Å². The molecule has 4 heterocycles. The SMILES string of the molecule is CNC(=O)c1ccc(N2CCN(C(O)(O)c3ccc4c([nH]c(=O)c5c(F)cnn54)c3F)CC2)c(F)n1. The molecule has 0 bridgehead atoms. The van der Waals surface area contributed by atoms with Gasteiger partial charge in [0.05, 0.1) is 23.0 Å². The number of pyridine rings is 1. The number of amides is 1. The van der Waals surface area contributed by atoms with E-state index in [4.69, 9.17) is 0 Å². The Balaban J connectivity index is 1.41. The highest BCUT2D eigenvalue weighted by Crippen LogP contribution is 2.31. The molecule has 1 aliphatic heterocycles. The molecule has 14 heteroatoms. The number of nitrogens with one attached hydrogen (secondary N) is 2. The van der Waals surface area contributed by atoms with Crippen molar-refractivity contribution in [2.75, 3.05) is 38.1 Å². The summed E-state index contributed by atoms with van der Waals surface area (Å²) in [7, 11) is 1.40. The summed E-state index contributed by atoms with van der Waals surface area (Å²) in [5.74, 6) is -6.16. The number of aromatic amines is 1. The smallest absolute Gasteiger partial charge is 0.277 e. The summed E-state index contributed by atoms with van der Waals surface area (Å²) in [5.41, 5.74) is -2.15. The lowest BCUT2D eigenvalue weighted by atomic mass is 10.1. The molecular formula is C22H20F3N7O4. The Hall–Kier alpha value is -4.01. The maximum atomic E-state index is 15.4. The number of halogens is 3. The average Bonchev–Trinajstić information content (AvgIpc) is 3.26. The lowest BCUT2D eigenvalue weighted by molar-refractivity contribution is -0.277. The second-order valence-corrected chi connectivity index (χ2v) is 8.22. The van der Waals surface area contributed by atoms with Gasteiger partial charge in [-0.2, -0.15) is 9.49 Å². The molecule has 1 fully saturated rings. The quantitative estimate of drug-likeness (QED) is 0.230. The van der Waals surface area contributed by atoms with Crippen molar-refractivity contribution in [1.29, 1.82) is 0 Å². The number of hydrogen-bond acceptors (Lipinski definition) is 8. The number of fused-ring (bicyclic) bond motifs is 3. The number of nitrogens with zero attached hydrogens (tertiary/aromatic N) is 5. The molecule has 0 saturated carbocycles. The topological polar surface area (TPSA) is 139 Å². The Morgan fingerprint density at radius 3 is 2.50 bits per heavy atom. The third-order valence-corrected chi connectivity index (χ3v) is 6.24. The van der Waals surface area contributed by atoms with Crippen LogP contribution in [0, 0.1) is 17.6 Å². The van der Waals surface area contributed by atoms with E-state index in [2.05, 4.69) is 20.4 Å². The van der Waals surface area contributed by atoms with Crippen molar-refractivity contribution >= 4 is 28.1 Å². The highest BCUT2D eigenvalue weighted by Gasteiger charge is 2.39. The third kappa shape index (κ3) is 3.66. The van der Waals surface area contributed by atoms with Crippen molar-refractivity contribution in [3.8, 4) is 0 Å². The second-order valence-electron chi connectivity index (χ2n) is 8.22. The summed E-state index contributed by atoms with van der Waals surface area (Å²) in [6.45, 7) is 0.280. The molecule has 1 aromatic carbocycles. The van der Waals surface area contributed by atoms with E-state index >= 15 is 4.39 Å². The van der Waals surface area contributed by atoms with Crippen LogP contribution in [-0.4, -0.2) is 73.8 Å². The molecule has 4 aromatic rings. The lowest BCUT2D eigenvalue weighted by Gasteiger charge is -2.42. The highest BCUT2D eigenvalue weighted by atomic mass is 19.1. The molecule has 36 heavy (non-hydrogen) atoms. The van der Waals surface area contributed by atoms with E-state index in [-0.39, 0.29) is 48.6 Å². The fraction of sp³-hybridized carbons (Fsp3) is 0.273. The second kappa shape index (κ2) is 8.58. The number of hydrogen-bond donors (Lipinski definition) is 4. The fourth-order valence-corrected chi connectivity index (χ4v) is 4.36. The van der Waals surface area contributed by atoms with Gasteiger partial charge in [-0.25, -0.2) is 23.2 Å². The first kappa shape index (κ1) is 23.7. The Kier molecular flexibility index (Phi) is 5.65. The minimum Gasteiger partial charge on any atom is -0.365 e. The first-order valence-electron chi connectivity index (χ1n) is 10.8. The number of aromatic nitrogens is 4. The number of H-pyrrole nitrogens is 1. The zero-order chi connectivity index (χ0) is 25.8. The summed E-state index contributed by atoms with van der Waals surface area (Å²) in [6, 6.07) is 5.18. The first-order valence-corrected chi connectivity index (χ1v) is 10.8. The summed E-state index contributed by atoms with van der Waals surface area (Å²) in [5, 5.41) is 27.9. The molecule has 0 atom stereocenters. The van der Waals surface area contributed by atoms with Crippen LogP contribution in [0.15, 0.2) is 35.3 Å². The van der Waals surface area contributed by atoms with Gasteiger partial charge in [0.25, 0.3) is 17.4 Å². The van der Waals surface area contributed by atoms with Crippen molar-refractivity contribution in [2.24, 2.45) is 0 Å². The van der Waals surface area contributed by atoms with E-state index < -0.39 is 46.0 Å². The van der Waals surface area contributed by atoms with Crippen LogP contribution in [0.25, 0.3) is 16.6 Å². The standard InChI is InChI=1S/C22H20F3N7O4/c1-26-20(33)13-3-5-15(19(25)28-13)30-6-8-31(9-7-30)22(35,36)11-2-4-14-17(16(11)24)29-21(34)18-12(23)10-27-32(14)18/h2-5,10,35-36H,6-9H2,1H3,(H,26,33)(H,29,34). The number of carbonyl (C=O) groups excluding carboxylic acids is 1. The Bertz CT molecular complexity index is 1560. The van der Waals surface area contributed by atoms with Crippen LogP contribution >= 0.6 is 0 Å². The summed E-state index contributed by atoms with van der Waals surface area (Å²) < 4.78 is 44.7. The van der Waals surface area contributed by atoms with Crippen LogP contribution in [0.5, 0.6) is 0 Å². The van der Waals surface area contributed by atoms with Crippen molar-refractivity contribution in [3.63, 3.8) is 0 Å². The van der Waals surface area contributed by atoms with E-state index in [1.165, 1.54) is 30.1 Å². The van der Waals surface area contributed by atoms with Gasteiger partial charge < -0.3 is 25.4 Å². The van der Waals surface area contributed by atoms with E-state index in [0.29, 0.717) is 0 Å². The molecule has 3 aromatic heterocycles. The highest BCUT2D eigenvalue weighted by molar-refractivity contribution is 5.92. The Morgan fingerprint density at radius 2 is 1.83 bits per heavy atom. The van der Waals surface area contributed by atoms with Crippen molar-refractivity contribution in [2.45, 2.75) is 5.91 Å². The van der Waals surface area contributed by atoms with Gasteiger partial charge in [-0.3, -0.25) is 9.59 Å². The van der Waals surface area contributed by atoms with Gasteiger partial charge in [-0.15, -0.1) is 0 Å². The van der Waals surface area contributed by atoms with E-state index in [1.54, 1.807) is 4.90 Å². The van der Waals surface area contributed by atoms with Crippen molar-refractivity contribution in [3.05, 3.63) is 69.7 Å². The van der Waals surface area contributed by atoms with Gasteiger partial charge >= 0.3 is 0 Å². The predicted octanol–water partition coefficient (Wildman–Crippen LogP) is 0.265. The largest absolute Gasteiger partial charge is 0.365 e. The van der Waals surface area contributed by atoms with Crippen molar-refractivity contribution < 1.29 is 28.2 Å². The molecule has 1 saturated heterocycles. The van der Waals surface area contributed by atoms with Crippen molar-refractivity contribution in [1.82, 2.24) is 29.8 Å². The van der Waals surface area contributed by atoms with E-state index in [1.807, 2.05) is 0 Å². The van der Waals surface area contributed by atoms with Gasteiger partial charge in [0, 0.05) is 33.2 Å². The summed E-state index contributed by atoms with van der Waals surface area (Å²) >= 11 is 0. The van der Waals surface area contributed by atoms with Crippen LogP contribution in [0.1, 0.15) is 16.1 Å². The van der Waals surface area contributed by atoms with Gasteiger partial charge in [-0.1, -0.05) is 0 Å². The number of benzene rings is 1. The first-order chi connectivity index (χ1) is 17.1. The molecule has 188 valence electrons. The van der Waals surface area contributed by atoms with E-state index in [0.717, 1.165) is 16.8 Å². The molecule has 1 aliphatic rings. The van der Waals surface area contributed by atoms with Crippen LogP contribution in [0.2, 0.25) is 0 Å². The molecule has 4 N–H and O–H groups in total. The zero-order valence-corrected chi connectivity index (χ0v) is 18.8. The van der Waals surface area contributed by atoms with Gasteiger partial charge in [0.1, 0.15) is 11.2 Å². The molecule has 0 spiro atoms. The molecule has 0 radical (unpaired) electrons. The Labute approximate surface area is 200 Å². The fourth-order valence-electron chi connectivity index (χ4n) is 4.36. The number of aliphatic hydroxyl groups is 2. The lowest BCUT2D eigenvalue weighted by Crippen LogP contribution is -2.56. The molecule has 11 nitrogen and oxygen atoms in total. The predicted molar refractivity (Wildman–Crippen MR) is 121 cm³/mol. The number of carbonyl (C=O) groups is 1. The molecule has 1 amide bonds. The minimum absolute atomic E-state index is 0.00103. The molecule has 0 aliphatic carbocycles. The maximum Gasteiger partial charge on any atom is 0.277 e. The zero-order valence-electron chi connectivity index (χ0n) is 18.8. The summed E-state index contributed by atoms with van der Waals surface area (Å²) in [4.78, 5) is 32.6. The van der Waals surface area contributed by atoms with Gasteiger partial charge in [0.2, 0.25) is 5.95 Å². The van der Waals surface area contributed by atoms with E-state index in [9.17, 15) is 28.6 Å². The molecule has 0 unspecified atom stereocenters. The molecular weight excluding hydrogens is 483 g/mol. The van der Waals surface area contributed by atoms with Gasteiger partial charge in [-0.05, 0) is 24.3 Å². The normalized spacial score (nSPS) is 15.1. The summed E-state index contributed by atoms with van der Waals surface area (Å²) in [6.07, 6.45) is 0.822. The van der Waals surface area contributed by atoms with Crippen LogP contribution < -0.4 is 15.8 Å². The number of anilines is 1. The minimum atomic E-state index is -2.77. The van der Waals surface area contributed by atoms with Crippen LogP contribution in [0.3, 0.4) is 0 Å². The Morgan fingerprint density at radius 1 is 1.11 bits per heavy atom. The van der Waals surface area contributed by atoms with Crippen LogP contribution in [-0.2, 0) is 5.91 Å². The maximum absolute atomic E-state index is 15.4. The monoisotopic (exact) mass is 503 g/mol. The van der Waals surface area contributed by atoms with Gasteiger partial charge in [0.15, 0.2) is 17.2 Å². The third-order valence-electron chi connectivity index (χ3n) is 6.24. The number of rotatable bonds is 4. The number of piperazine rings is 1. The average molecular weight is 503 g/mol. The molecule has 5 rings (SSSR count).